The zero-order valence-corrected chi connectivity index (χ0v) is 11.0. The van der Waals surface area contributed by atoms with Gasteiger partial charge in [0.05, 0.1) is 4.88 Å². The second-order valence-electron chi connectivity index (χ2n) is 4.26. The van der Waals surface area contributed by atoms with Crippen molar-refractivity contribution in [3.8, 4) is 0 Å². The lowest BCUT2D eigenvalue weighted by Crippen LogP contribution is -2.23. The molecule has 0 fully saturated rings. The standard InChI is InChI=1S/C12H18N2OS/c1-8(2)11(9(3)4)13-14-12(15)10-6-5-7-16-10/h5-9H,1-4H3,(H,14,15). The molecule has 3 nitrogen and oxygen atoms in total. The van der Waals surface area contributed by atoms with Crippen LogP contribution in [0.1, 0.15) is 37.4 Å². The van der Waals surface area contributed by atoms with E-state index < -0.39 is 0 Å². The zero-order chi connectivity index (χ0) is 12.1. The summed E-state index contributed by atoms with van der Waals surface area (Å²) in [6, 6.07) is 3.65. The van der Waals surface area contributed by atoms with Crippen LogP contribution in [0.25, 0.3) is 0 Å². The summed E-state index contributed by atoms with van der Waals surface area (Å²) in [4.78, 5) is 12.3. The maximum absolute atomic E-state index is 11.6. The summed E-state index contributed by atoms with van der Waals surface area (Å²) in [7, 11) is 0. The first-order valence-electron chi connectivity index (χ1n) is 5.43. The Morgan fingerprint density at radius 1 is 1.31 bits per heavy atom. The molecule has 0 aliphatic carbocycles. The molecule has 0 aliphatic rings. The van der Waals surface area contributed by atoms with Crippen LogP contribution in [0.3, 0.4) is 0 Å². The number of amides is 1. The quantitative estimate of drug-likeness (QED) is 0.635. The second kappa shape index (κ2) is 5.80. The minimum absolute atomic E-state index is 0.131. The highest BCUT2D eigenvalue weighted by Crippen LogP contribution is 2.09. The van der Waals surface area contributed by atoms with Crippen LogP contribution >= 0.6 is 11.3 Å². The predicted octanol–water partition coefficient (Wildman–Crippen LogP) is 3.15. The molecular weight excluding hydrogens is 220 g/mol. The van der Waals surface area contributed by atoms with Crippen LogP contribution < -0.4 is 5.43 Å². The third-order valence-corrected chi connectivity index (χ3v) is 3.08. The second-order valence-corrected chi connectivity index (χ2v) is 5.21. The third-order valence-electron chi connectivity index (χ3n) is 2.21. The van der Waals surface area contributed by atoms with Crippen molar-refractivity contribution in [3.63, 3.8) is 0 Å². The maximum Gasteiger partial charge on any atom is 0.281 e. The summed E-state index contributed by atoms with van der Waals surface area (Å²) < 4.78 is 0. The molecule has 1 heterocycles. The molecule has 1 aromatic heterocycles. The Hall–Kier alpha value is -1.16. The van der Waals surface area contributed by atoms with Gasteiger partial charge in [0, 0.05) is 5.71 Å². The van der Waals surface area contributed by atoms with Gasteiger partial charge in [0.25, 0.3) is 5.91 Å². The van der Waals surface area contributed by atoms with Crippen LogP contribution in [0.15, 0.2) is 22.6 Å². The highest BCUT2D eigenvalue weighted by Gasteiger charge is 2.11. The number of carbonyl (C=O) groups is 1. The molecule has 1 amide bonds. The van der Waals surface area contributed by atoms with Crippen LogP contribution in [0.2, 0.25) is 0 Å². The molecule has 0 unspecified atom stereocenters. The predicted molar refractivity (Wildman–Crippen MR) is 68.9 cm³/mol. The molecule has 0 atom stereocenters. The lowest BCUT2D eigenvalue weighted by Gasteiger charge is -2.13. The lowest BCUT2D eigenvalue weighted by atomic mass is 9.98. The molecule has 0 aromatic carbocycles. The molecule has 0 radical (unpaired) electrons. The van der Waals surface area contributed by atoms with Gasteiger partial charge in [-0.1, -0.05) is 33.8 Å². The average Bonchev–Trinajstić information content (AvgIpc) is 2.69. The number of hydrazone groups is 1. The average molecular weight is 238 g/mol. The van der Waals surface area contributed by atoms with E-state index in [9.17, 15) is 4.79 Å². The Labute approximate surface area is 101 Å². The van der Waals surface area contributed by atoms with E-state index in [1.807, 2.05) is 11.4 Å². The molecule has 0 bridgehead atoms. The number of nitrogens with one attached hydrogen (secondary N) is 1. The first-order valence-corrected chi connectivity index (χ1v) is 6.31. The van der Waals surface area contributed by atoms with Crippen molar-refractivity contribution in [2.75, 3.05) is 0 Å². The van der Waals surface area contributed by atoms with Crippen molar-refractivity contribution < 1.29 is 4.79 Å². The monoisotopic (exact) mass is 238 g/mol. The maximum atomic E-state index is 11.6. The van der Waals surface area contributed by atoms with Crippen molar-refractivity contribution >= 4 is 23.0 Å². The number of thiophene rings is 1. The smallest absolute Gasteiger partial charge is 0.266 e. The molecule has 0 aliphatic heterocycles. The molecule has 1 rings (SSSR count). The minimum Gasteiger partial charge on any atom is -0.266 e. The van der Waals surface area contributed by atoms with Gasteiger partial charge in [-0.2, -0.15) is 5.10 Å². The van der Waals surface area contributed by atoms with Crippen molar-refractivity contribution in [1.82, 2.24) is 5.43 Å². The van der Waals surface area contributed by atoms with Crippen LogP contribution in [-0.4, -0.2) is 11.6 Å². The first-order chi connectivity index (χ1) is 7.52. The molecular formula is C12H18N2OS. The van der Waals surface area contributed by atoms with E-state index in [4.69, 9.17) is 0 Å². The van der Waals surface area contributed by atoms with Gasteiger partial charge < -0.3 is 0 Å². The van der Waals surface area contributed by atoms with Gasteiger partial charge in [0.1, 0.15) is 0 Å². The number of nitrogens with zero attached hydrogens (tertiary/aromatic N) is 1. The summed E-state index contributed by atoms with van der Waals surface area (Å²) in [6.45, 7) is 8.32. The van der Waals surface area contributed by atoms with Crippen LogP contribution in [0, 0.1) is 11.8 Å². The van der Waals surface area contributed by atoms with E-state index in [2.05, 4.69) is 38.2 Å². The largest absolute Gasteiger partial charge is 0.281 e. The van der Waals surface area contributed by atoms with Gasteiger partial charge in [-0.3, -0.25) is 4.79 Å². The van der Waals surface area contributed by atoms with Crippen molar-refractivity contribution in [2.24, 2.45) is 16.9 Å². The van der Waals surface area contributed by atoms with E-state index in [-0.39, 0.29) is 5.91 Å². The first kappa shape index (κ1) is 12.9. The SMILES string of the molecule is CC(C)C(=NNC(=O)c1cccs1)C(C)C. The zero-order valence-electron chi connectivity index (χ0n) is 10.2. The minimum atomic E-state index is -0.131. The van der Waals surface area contributed by atoms with Gasteiger partial charge in [0.15, 0.2) is 0 Å². The summed E-state index contributed by atoms with van der Waals surface area (Å²) in [6.07, 6.45) is 0. The van der Waals surface area contributed by atoms with E-state index in [0.717, 1.165) is 5.71 Å². The molecule has 0 spiro atoms. The Bertz CT molecular complexity index is 356. The Balaban J connectivity index is 2.67. The van der Waals surface area contributed by atoms with Gasteiger partial charge >= 0.3 is 0 Å². The summed E-state index contributed by atoms with van der Waals surface area (Å²) in [5.74, 6) is 0.570. The van der Waals surface area contributed by atoms with Gasteiger partial charge in [0.2, 0.25) is 0 Å². The van der Waals surface area contributed by atoms with Crippen LogP contribution in [0.5, 0.6) is 0 Å². The Kier molecular flexibility index (Phi) is 4.68. The number of rotatable bonds is 4. The fourth-order valence-electron chi connectivity index (χ4n) is 1.50. The molecule has 4 heteroatoms. The fourth-order valence-corrected chi connectivity index (χ4v) is 2.12. The van der Waals surface area contributed by atoms with Gasteiger partial charge in [-0.15, -0.1) is 11.3 Å². The lowest BCUT2D eigenvalue weighted by molar-refractivity contribution is 0.0958. The summed E-state index contributed by atoms with van der Waals surface area (Å²) in [5.41, 5.74) is 3.63. The Morgan fingerprint density at radius 2 is 1.94 bits per heavy atom. The van der Waals surface area contributed by atoms with E-state index >= 15 is 0 Å². The van der Waals surface area contributed by atoms with Crippen LogP contribution in [-0.2, 0) is 0 Å². The molecule has 0 saturated heterocycles. The molecule has 88 valence electrons. The molecule has 1 N–H and O–H groups in total. The highest BCUT2D eigenvalue weighted by molar-refractivity contribution is 7.12. The third kappa shape index (κ3) is 3.45. The van der Waals surface area contributed by atoms with E-state index in [1.54, 1.807) is 6.07 Å². The van der Waals surface area contributed by atoms with E-state index in [0.29, 0.717) is 16.7 Å². The summed E-state index contributed by atoms with van der Waals surface area (Å²) >= 11 is 1.42. The van der Waals surface area contributed by atoms with Gasteiger partial charge in [-0.25, -0.2) is 5.43 Å². The van der Waals surface area contributed by atoms with Crippen molar-refractivity contribution in [3.05, 3.63) is 22.4 Å². The number of hydrogen-bond donors (Lipinski definition) is 1. The van der Waals surface area contributed by atoms with E-state index in [1.165, 1.54) is 11.3 Å². The normalized spacial score (nSPS) is 10.6. The number of carbonyl (C=O) groups excluding carboxylic acids is 1. The molecule has 0 saturated carbocycles. The molecule has 16 heavy (non-hydrogen) atoms. The molecule has 1 aromatic rings. The topological polar surface area (TPSA) is 41.5 Å². The number of hydrogen-bond acceptors (Lipinski definition) is 3. The van der Waals surface area contributed by atoms with Gasteiger partial charge in [-0.05, 0) is 23.3 Å². The fraction of sp³-hybridized carbons (Fsp3) is 0.500. The van der Waals surface area contributed by atoms with Crippen LogP contribution in [0.4, 0.5) is 0 Å². The van der Waals surface area contributed by atoms with Crippen molar-refractivity contribution in [1.29, 1.82) is 0 Å². The van der Waals surface area contributed by atoms with Crippen molar-refractivity contribution in [2.45, 2.75) is 27.7 Å². The highest BCUT2D eigenvalue weighted by atomic mass is 32.1. The summed E-state index contributed by atoms with van der Waals surface area (Å²) in [5, 5.41) is 6.08. The Morgan fingerprint density at radius 3 is 2.38 bits per heavy atom.